The summed E-state index contributed by atoms with van der Waals surface area (Å²) in [5, 5.41) is 0. The van der Waals surface area contributed by atoms with E-state index in [0.717, 1.165) is 0 Å². The molecule has 0 saturated heterocycles. The van der Waals surface area contributed by atoms with Gasteiger partial charge in [-0.25, -0.2) is 0 Å². The molecule has 165 valence electrons. The predicted octanol–water partition coefficient (Wildman–Crippen LogP) is 2.71. The van der Waals surface area contributed by atoms with Crippen molar-refractivity contribution in [1.29, 1.82) is 0 Å². The first kappa shape index (κ1) is 23.5. The van der Waals surface area contributed by atoms with E-state index >= 15 is 0 Å². The number of alkyl halides is 6. The minimum atomic E-state index is -5.18. The molecule has 0 bridgehead atoms. The molecule has 0 aliphatic carbocycles. The molecule has 0 saturated carbocycles. The molecule has 0 aromatic heterocycles. The van der Waals surface area contributed by atoms with Crippen LogP contribution in [0.3, 0.4) is 0 Å². The fourth-order valence-corrected chi connectivity index (χ4v) is 9.52. The number of rotatable bonds is 5. The van der Waals surface area contributed by atoms with Crippen LogP contribution >= 0.6 is 0 Å². The summed E-state index contributed by atoms with van der Waals surface area (Å²) in [6, 6.07) is 16.4. The van der Waals surface area contributed by atoms with E-state index in [1.807, 2.05) is 0 Å². The third-order valence-electron chi connectivity index (χ3n) is 3.86. The zero-order chi connectivity index (χ0) is 22.9. The van der Waals surface area contributed by atoms with Crippen molar-refractivity contribution in [2.24, 2.45) is 0 Å². The highest BCUT2D eigenvalue weighted by atomic mass is 127. The van der Waals surface area contributed by atoms with Crippen LogP contribution < -0.4 is 20.2 Å². The van der Waals surface area contributed by atoms with E-state index in [1.165, 1.54) is 0 Å². The molecule has 0 unspecified atom stereocenters. The molecule has 0 heterocycles. The van der Waals surface area contributed by atoms with Gasteiger partial charge < -0.3 is 0 Å². The summed E-state index contributed by atoms with van der Waals surface area (Å²) in [7, 11) is -4.95. The number of hydrogen-bond acceptors (Lipinski definition) is 3. The average molecular weight is 574 g/mol. The topological polar surface area (TPSA) is 43.4 Å². The minimum absolute atomic E-state index is 0.135. The van der Waals surface area contributed by atoms with Crippen LogP contribution in [0.1, 0.15) is 11.1 Å². The van der Waals surface area contributed by atoms with Gasteiger partial charge in [0.1, 0.15) is 0 Å². The van der Waals surface area contributed by atoms with Gasteiger partial charge in [-0.05, 0) is 45.0 Å². The smallest absolute Gasteiger partial charge is 0.190 e. The molecule has 3 nitrogen and oxygen atoms in total. The highest BCUT2D eigenvalue weighted by Gasteiger charge is 2.42. The van der Waals surface area contributed by atoms with Crippen LogP contribution in [-0.4, -0.2) is 8.42 Å². The van der Waals surface area contributed by atoms with Crippen LogP contribution in [0, 0.1) is 7.14 Å². The lowest BCUT2D eigenvalue weighted by Gasteiger charge is -2.14. The molecule has 0 spiro atoms. The molecule has 0 fully saturated rings. The van der Waals surface area contributed by atoms with Crippen LogP contribution in [0.4, 0.5) is 26.3 Å². The summed E-state index contributed by atoms with van der Waals surface area (Å²) in [6.07, 6.45) is -10.4. The van der Waals surface area contributed by atoms with Crippen molar-refractivity contribution in [1.82, 2.24) is 0 Å². The summed E-state index contributed by atoms with van der Waals surface area (Å²) in [4.78, 5) is -1.20. The predicted molar refractivity (Wildman–Crippen MR) is 95.0 cm³/mol. The second-order valence-corrected chi connectivity index (χ2v) is 12.6. The molecule has 31 heavy (non-hydrogen) atoms. The van der Waals surface area contributed by atoms with E-state index in [1.54, 1.807) is 60.7 Å². The van der Waals surface area contributed by atoms with Crippen LogP contribution in [-0.2, 0) is 25.0 Å². The van der Waals surface area contributed by atoms with Gasteiger partial charge >= 0.3 is 42.7 Å². The third kappa shape index (κ3) is 5.77. The molecule has 0 aliphatic rings. The highest BCUT2D eigenvalue weighted by Crippen LogP contribution is 2.37. The lowest BCUT2D eigenvalue weighted by Crippen LogP contribution is -3.85. The summed E-state index contributed by atoms with van der Waals surface area (Å²) in [5.74, 6) is 0. The second kappa shape index (κ2) is 8.79. The molecule has 0 amide bonds. The zero-order valence-electron chi connectivity index (χ0n) is 15.3. The monoisotopic (exact) mass is 574 g/mol. The Labute approximate surface area is 181 Å². The van der Waals surface area contributed by atoms with Crippen molar-refractivity contribution >= 4 is 10.1 Å². The van der Waals surface area contributed by atoms with Crippen LogP contribution in [0.5, 0.6) is 0 Å². The van der Waals surface area contributed by atoms with Crippen molar-refractivity contribution in [3.63, 3.8) is 0 Å². The Morgan fingerprint density at radius 1 is 0.645 bits per heavy atom. The van der Waals surface area contributed by atoms with E-state index in [2.05, 4.69) is 0 Å². The summed E-state index contributed by atoms with van der Waals surface area (Å²) in [6.45, 7) is 0. The Hall–Kier alpha value is -2.12. The van der Waals surface area contributed by atoms with Gasteiger partial charge in [0.25, 0.3) is 0 Å². The molecule has 11 heteroatoms. The maximum absolute atomic E-state index is 13.1. The Kier molecular flexibility index (Phi) is 6.67. The van der Waals surface area contributed by atoms with Crippen LogP contribution in [0.15, 0.2) is 83.8 Å². The molecule has 3 rings (SSSR count). The van der Waals surface area contributed by atoms with Crippen molar-refractivity contribution in [2.75, 3.05) is 0 Å². The number of hydrogen-bond donors (Lipinski definition) is 0. The first-order chi connectivity index (χ1) is 14.4. The standard InChI is InChI=1S/C20H13F6IO3S/c21-19(22,23)14-11-15(20(24,25)26)13-18(12-14)31(28,29)30-27(16-7-3-1-4-8-16)17-9-5-2-6-10-17/h1-13H/q+1. The number of benzene rings is 3. The van der Waals surface area contributed by atoms with Crippen molar-refractivity contribution < 1.29 is 57.5 Å². The first-order valence-electron chi connectivity index (χ1n) is 8.42. The van der Waals surface area contributed by atoms with Gasteiger partial charge in [0.2, 0.25) is 0 Å². The summed E-state index contributed by atoms with van der Waals surface area (Å²) < 4.78 is 111. The minimum Gasteiger partial charge on any atom is -0.190 e. The Morgan fingerprint density at radius 2 is 1.03 bits per heavy atom. The van der Waals surface area contributed by atoms with Gasteiger partial charge in [-0.3, -0.25) is 0 Å². The lowest BCUT2D eigenvalue weighted by atomic mass is 10.1. The second-order valence-electron chi connectivity index (χ2n) is 6.10. The first-order valence-corrected chi connectivity index (χ1v) is 12.9. The Morgan fingerprint density at radius 3 is 1.39 bits per heavy atom. The summed E-state index contributed by atoms with van der Waals surface area (Å²) in [5.41, 5.74) is -3.46. The van der Waals surface area contributed by atoms with Crippen LogP contribution in [0.2, 0.25) is 0 Å². The maximum Gasteiger partial charge on any atom is 0.416 e. The SMILES string of the molecule is O=S(=O)(O[I+](c1ccccc1)c1ccccc1)c1cc(C(F)(F)F)cc(C(F)(F)F)c1. The zero-order valence-corrected chi connectivity index (χ0v) is 18.3. The van der Waals surface area contributed by atoms with E-state index in [4.69, 9.17) is 2.51 Å². The fourth-order valence-electron chi connectivity index (χ4n) is 2.45. The molecular formula is C20H13F6IO3S+. The maximum atomic E-state index is 13.1. The van der Waals surface area contributed by atoms with E-state index in [-0.39, 0.29) is 18.2 Å². The Balaban J connectivity index is 2.11. The van der Waals surface area contributed by atoms with Gasteiger partial charge in [-0.2, -0.15) is 34.8 Å². The third-order valence-corrected chi connectivity index (χ3v) is 11.2. The van der Waals surface area contributed by atoms with Gasteiger partial charge in [0.05, 0.1) is 16.0 Å². The quantitative estimate of drug-likeness (QED) is 0.348. The van der Waals surface area contributed by atoms with Crippen LogP contribution in [0.25, 0.3) is 0 Å². The molecule has 0 atom stereocenters. The molecule has 0 aliphatic heterocycles. The number of halogens is 7. The lowest BCUT2D eigenvalue weighted by molar-refractivity contribution is -1.03. The molecule has 0 N–H and O–H groups in total. The fraction of sp³-hybridized carbons (Fsp3) is 0.100. The van der Waals surface area contributed by atoms with Crippen molar-refractivity contribution in [2.45, 2.75) is 17.2 Å². The molecule has 1 radical (unpaired) electrons. The Bertz CT molecular complexity index is 1080. The largest absolute Gasteiger partial charge is 0.416 e. The van der Waals surface area contributed by atoms with E-state index in [0.29, 0.717) is 7.14 Å². The van der Waals surface area contributed by atoms with Gasteiger partial charge in [-0.1, -0.05) is 36.4 Å². The summed E-state index contributed by atoms with van der Waals surface area (Å²) >= 11 is -3.23. The normalized spacial score (nSPS) is 12.9. The average Bonchev–Trinajstić information content (AvgIpc) is 2.72. The van der Waals surface area contributed by atoms with Crippen molar-refractivity contribution in [3.8, 4) is 0 Å². The molecular weight excluding hydrogens is 561 g/mol. The van der Waals surface area contributed by atoms with Gasteiger partial charge in [0, 0.05) is 0 Å². The van der Waals surface area contributed by atoms with Crippen molar-refractivity contribution in [3.05, 3.63) is 97.1 Å². The van der Waals surface area contributed by atoms with Gasteiger partial charge in [-0.15, -0.1) is 0 Å². The van der Waals surface area contributed by atoms with E-state index in [9.17, 15) is 34.8 Å². The van der Waals surface area contributed by atoms with Gasteiger partial charge in [0.15, 0.2) is 7.14 Å². The molecule has 3 aromatic carbocycles. The molecule has 3 aromatic rings. The van der Waals surface area contributed by atoms with E-state index < -0.39 is 58.7 Å². The highest BCUT2D eigenvalue weighted by molar-refractivity contribution is 7.86.